The van der Waals surface area contributed by atoms with Gasteiger partial charge in [-0.3, -0.25) is 9.78 Å². The maximum absolute atomic E-state index is 12.0. The third-order valence-corrected chi connectivity index (χ3v) is 4.59. The highest BCUT2D eigenvalue weighted by molar-refractivity contribution is 5.94. The lowest BCUT2D eigenvalue weighted by Gasteiger charge is -2.12. The smallest absolute Gasteiger partial charge is 0.271 e. The molecule has 1 N–H and O–H groups in total. The van der Waals surface area contributed by atoms with Crippen LogP contribution in [-0.2, 0) is 0 Å². The number of nitrogens with zero attached hydrogens (tertiary/aromatic N) is 2. The van der Waals surface area contributed by atoms with Crippen LogP contribution >= 0.6 is 0 Å². The molecule has 0 radical (unpaired) electrons. The quantitative estimate of drug-likeness (QED) is 0.328. The topological polar surface area (TPSA) is 72.8 Å². The van der Waals surface area contributed by atoms with Crippen molar-refractivity contribution in [3.05, 3.63) is 89.2 Å². The van der Waals surface area contributed by atoms with Crippen molar-refractivity contribution >= 4 is 12.1 Å². The summed E-state index contributed by atoms with van der Waals surface area (Å²) in [6, 6.07) is 16.8. The molecule has 0 fully saturated rings. The first-order valence-electron chi connectivity index (χ1n) is 9.79. The van der Waals surface area contributed by atoms with Crippen LogP contribution in [0.2, 0.25) is 0 Å². The summed E-state index contributed by atoms with van der Waals surface area (Å²) in [6.45, 7) is 5.22. The van der Waals surface area contributed by atoms with E-state index in [1.807, 2.05) is 36.4 Å². The normalized spacial score (nSPS) is 10.7. The fourth-order valence-electron chi connectivity index (χ4n) is 2.75. The highest BCUT2D eigenvalue weighted by Gasteiger charge is 2.05. The molecule has 0 aliphatic carbocycles. The summed E-state index contributed by atoms with van der Waals surface area (Å²) in [7, 11) is 0. The second-order valence-corrected chi connectivity index (χ2v) is 6.72. The first-order valence-corrected chi connectivity index (χ1v) is 9.79. The molecule has 1 heterocycles. The Morgan fingerprint density at radius 1 is 0.967 bits per heavy atom. The molecule has 0 aliphatic heterocycles. The Labute approximate surface area is 176 Å². The number of aryl methyl sites for hydroxylation is 1. The van der Waals surface area contributed by atoms with Gasteiger partial charge in [-0.15, -0.1) is 0 Å². The summed E-state index contributed by atoms with van der Waals surface area (Å²) >= 11 is 0. The van der Waals surface area contributed by atoms with Gasteiger partial charge in [0, 0.05) is 29.9 Å². The molecule has 6 heteroatoms. The molecule has 0 saturated carbocycles. The zero-order valence-corrected chi connectivity index (χ0v) is 17.2. The van der Waals surface area contributed by atoms with E-state index in [-0.39, 0.29) is 5.91 Å². The molecule has 0 spiro atoms. The number of ether oxygens (including phenoxy) is 2. The molecule has 1 amide bonds. The molecule has 0 saturated heterocycles. The van der Waals surface area contributed by atoms with Gasteiger partial charge in [0.05, 0.1) is 19.4 Å². The van der Waals surface area contributed by atoms with Gasteiger partial charge in [-0.05, 0) is 55.3 Å². The standard InChI is InChI=1S/C24H25N3O3/c1-18-7-5-10-22(19(18)2)29-15-6-16-30-23-9-4-3-8-21(23)17-26-27-24(28)20-11-13-25-14-12-20/h3-5,7-14,17H,6,15-16H2,1-2H3,(H,27,28). The molecule has 0 unspecified atom stereocenters. The van der Waals surface area contributed by atoms with Gasteiger partial charge >= 0.3 is 0 Å². The van der Waals surface area contributed by atoms with Crippen molar-refractivity contribution in [3.63, 3.8) is 0 Å². The van der Waals surface area contributed by atoms with Crippen LogP contribution < -0.4 is 14.9 Å². The molecule has 0 bridgehead atoms. The minimum atomic E-state index is -0.296. The lowest BCUT2D eigenvalue weighted by atomic mass is 10.1. The molecule has 6 nitrogen and oxygen atoms in total. The summed E-state index contributed by atoms with van der Waals surface area (Å²) in [5, 5.41) is 4.03. The Hall–Kier alpha value is -3.67. The van der Waals surface area contributed by atoms with E-state index in [9.17, 15) is 4.79 Å². The van der Waals surface area contributed by atoms with Gasteiger partial charge in [0.25, 0.3) is 5.91 Å². The predicted octanol–water partition coefficient (Wildman–Crippen LogP) is 4.31. The second-order valence-electron chi connectivity index (χ2n) is 6.72. The number of carbonyl (C=O) groups excluding carboxylic acids is 1. The fraction of sp³-hybridized carbons (Fsp3) is 0.208. The summed E-state index contributed by atoms with van der Waals surface area (Å²) in [5.41, 5.74) is 6.16. The lowest BCUT2D eigenvalue weighted by Crippen LogP contribution is -2.17. The van der Waals surface area contributed by atoms with Gasteiger partial charge in [-0.1, -0.05) is 24.3 Å². The third-order valence-electron chi connectivity index (χ3n) is 4.59. The van der Waals surface area contributed by atoms with Gasteiger partial charge in [0.15, 0.2) is 0 Å². The number of pyridine rings is 1. The fourth-order valence-corrected chi connectivity index (χ4v) is 2.75. The van der Waals surface area contributed by atoms with E-state index in [1.54, 1.807) is 30.7 Å². The van der Waals surface area contributed by atoms with Crippen LogP contribution in [0, 0.1) is 13.8 Å². The minimum absolute atomic E-state index is 0.296. The zero-order valence-electron chi connectivity index (χ0n) is 17.2. The van der Waals surface area contributed by atoms with Gasteiger partial charge < -0.3 is 9.47 Å². The van der Waals surface area contributed by atoms with E-state index in [0.717, 1.165) is 23.3 Å². The summed E-state index contributed by atoms with van der Waals surface area (Å²) in [6.07, 6.45) is 5.44. The number of para-hydroxylation sites is 1. The van der Waals surface area contributed by atoms with Crippen LogP contribution in [0.1, 0.15) is 33.5 Å². The lowest BCUT2D eigenvalue weighted by molar-refractivity contribution is 0.0955. The highest BCUT2D eigenvalue weighted by atomic mass is 16.5. The van der Waals surface area contributed by atoms with E-state index in [2.05, 4.69) is 35.4 Å². The Balaban J connectivity index is 1.48. The SMILES string of the molecule is Cc1cccc(OCCCOc2ccccc2C=NNC(=O)c2ccncc2)c1C. The van der Waals surface area contributed by atoms with Crippen molar-refractivity contribution in [1.82, 2.24) is 10.4 Å². The number of amides is 1. The van der Waals surface area contributed by atoms with Crippen LogP contribution in [0.15, 0.2) is 72.1 Å². The van der Waals surface area contributed by atoms with E-state index < -0.39 is 0 Å². The first kappa shape index (κ1) is 21.0. The Bertz CT molecular complexity index is 1000. The number of hydrogen-bond donors (Lipinski definition) is 1. The molecule has 30 heavy (non-hydrogen) atoms. The molecule has 1 aromatic heterocycles. The Kier molecular flexibility index (Phi) is 7.55. The van der Waals surface area contributed by atoms with Crippen LogP contribution in [0.25, 0.3) is 0 Å². The largest absolute Gasteiger partial charge is 0.493 e. The van der Waals surface area contributed by atoms with Crippen LogP contribution in [0.5, 0.6) is 11.5 Å². The molecular weight excluding hydrogens is 378 g/mol. The zero-order chi connectivity index (χ0) is 21.2. The van der Waals surface area contributed by atoms with Crippen LogP contribution in [0.4, 0.5) is 0 Å². The summed E-state index contributed by atoms with van der Waals surface area (Å²) in [4.78, 5) is 15.9. The molecular formula is C24H25N3O3. The molecule has 3 rings (SSSR count). The molecule has 0 atom stereocenters. The van der Waals surface area contributed by atoms with Crippen LogP contribution in [0.3, 0.4) is 0 Å². The van der Waals surface area contributed by atoms with Gasteiger partial charge in [0.2, 0.25) is 0 Å². The van der Waals surface area contributed by atoms with Gasteiger partial charge in [-0.2, -0.15) is 5.10 Å². The highest BCUT2D eigenvalue weighted by Crippen LogP contribution is 2.21. The van der Waals surface area contributed by atoms with Crippen molar-refractivity contribution in [2.75, 3.05) is 13.2 Å². The third kappa shape index (κ3) is 5.91. The number of hydrogen-bond acceptors (Lipinski definition) is 5. The number of aromatic nitrogens is 1. The average Bonchev–Trinajstić information content (AvgIpc) is 2.78. The summed E-state index contributed by atoms with van der Waals surface area (Å²) < 4.78 is 11.7. The van der Waals surface area contributed by atoms with E-state index in [0.29, 0.717) is 24.5 Å². The van der Waals surface area contributed by atoms with Crippen molar-refractivity contribution in [2.45, 2.75) is 20.3 Å². The average molecular weight is 403 g/mol. The monoisotopic (exact) mass is 403 g/mol. The van der Waals surface area contributed by atoms with Crippen molar-refractivity contribution < 1.29 is 14.3 Å². The number of hydrazone groups is 1. The van der Waals surface area contributed by atoms with Gasteiger partial charge in [-0.25, -0.2) is 5.43 Å². The number of carbonyl (C=O) groups is 1. The molecule has 0 aliphatic rings. The molecule has 154 valence electrons. The molecule has 2 aromatic carbocycles. The molecule has 3 aromatic rings. The van der Waals surface area contributed by atoms with Crippen molar-refractivity contribution in [1.29, 1.82) is 0 Å². The maximum Gasteiger partial charge on any atom is 0.271 e. The van der Waals surface area contributed by atoms with E-state index in [4.69, 9.17) is 9.47 Å². The van der Waals surface area contributed by atoms with E-state index in [1.165, 1.54) is 5.56 Å². The Morgan fingerprint density at radius 2 is 1.67 bits per heavy atom. The predicted molar refractivity (Wildman–Crippen MR) is 117 cm³/mol. The van der Waals surface area contributed by atoms with E-state index >= 15 is 0 Å². The van der Waals surface area contributed by atoms with Crippen molar-refractivity contribution in [2.24, 2.45) is 5.10 Å². The summed E-state index contributed by atoms with van der Waals surface area (Å²) in [5.74, 6) is 1.31. The number of nitrogens with one attached hydrogen (secondary N) is 1. The Morgan fingerprint density at radius 3 is 2.47 bits per heavy atom. The second kappa shape index (κ2) is 10.8. The van der Waals surface area contributed by atoms with Crippen molar-refractivity contribution in [3.8, 4) is 11.5 Å². The maximum atomic E-state index is 12.0. The first-order chi connectivity index (χ1) is 14.6. The minimum Gasteiger partial charge on any atom is -0.493 e. The van der Waals surface area contributed by atoms with Gasteiger partial charge in [0.1, 0.15) is 11.5 Å². The number of benzene rings is 2. The number of rotatable bonds is 9. The van der Waals surface area contributed by atoms with Crippen LogP contribution in [-0.4, -0.2) is 30.3 Å².